The standard InChI is InChI=1S/C13H20N2O3S/c1-4-10(2)9-14-13(16)11-5-7-12(8-6-11)15-19(3,17)18/h5-8,10,15H,4,9H2,1-3H3,(H,14,16). The van der Waals surface area contributed by atoms with Crippen LogP contribution in [-0.4, -0.2) is 27.1 Å². The first-order chi connectivity index (χ1) is 8.81. The molecule has 0 saturated carbocycles. The van der Waals surface area contributed by atoms with Gasteiger partial charge >= 0.3 is 0 Å². The van der Waals surface area contributed by atoms with Crippen molar-refractivity contribution in [3.05, 3.63) is 29.8 Å². The highest BCUT2D eigenvalue weighted by molar-refractivity contribution is 7.92. The van der Waals surface area contributed by atoms with E-state index in [-0.39, 0.29) is 5.91 Å². The lowest BCUT2D eigenvalue weighted by atomic mass is 10.1. The minimum atomic E-state index is -3.29. The van der Waals surface area contributed by atoms with Crippen LogP contribution in [-0.2, 0) is 10.0 Å². The highest BCUT2D eigenvalue weighted by Crippen LogP contribution is 2.11. The van der Waals surface area contributed by atoms with Crippen molar-refractivity contribution in [3.63, 3.8) is 0 Å². The van der Waals surface area contributed by atoms with Gasteiger partial charge in [-0.05, 0) is 30.2 Å². The van der Waals surface area contributed by atoms with E-state index in [0.717, 1.165) is 12.7 Å². The molecule has 0 aliphatic rings. The van der Waals surface area contributed by atoms with E-state index in [0.29, 0.717) is 23.7 Å². The molecule has 1 rings (SSSR count). The first-order valence-electron chi connectivity index (χ1n) is 6.18. The van der Waals surface area contributed by atoms with Crippen LogP contribution in [0.25, 0.3) is 0 Å². The zero-order valence-electron chi connectivity index (χ0n) is 11.4. The highest BCUT2D eigenvalue weighted by Gasteiger charge is 2.07. The van der Waals surface area contributed by atoms with Crippen molar-refractivity contribution >= 4 is 21.6 Å². The van der Waals surface area contributed by atoms with Crippen LogP contribution >= 0.6 is 0 Å². The summed E-state index contributed by atoms with van der Waals surface area (Å²) in [6.07, 6.45) is 2.09. The van der Waals surface area contributed by atoms with Crippen LogP contribution in [0.4, 0.5) is 5.69 Å². The molecule has 0 heterocycles. The van der Waals surface area contributed by atoms with E-state index in [1.807, 2.05) is 0 Å². The van der Waals surface area contributed by atoms with Gasteiger partial charge in [0, 0.05) is 17.8 Å². The number of carbonyl (C=O) groups is 1. The number of hydrogen-bond donors (Lipinski definition) is 2. The van der Waals surface area contributed by atoms with Crippen LogP contribution in [0.2, 0.25) is 0 Å². The molecule has 0 saturated heterocycles. The third-order valence-electron chi connectivity index (χ3n) is 2.76. The molecule has 1 unspecified atom stereocenters. The van der Waals surface area contributed by atoms with Gasteiger partial charge in [0.05, 0.1) is 6.26 Å². The van der Waals surface area contributed by atoms with Crippen molar-refractivity contribution in [2.45, 2.75) is 20.3 Å². The molecule has 0 aromatic heterocycles. The van der Waals surface area contributed by atoms with E-state index < -0.39 is 10.0 Å². The lowest BCUT2D eigenvalue weighted by Crippen LogP contribution is -2.28. The summed E-state index contributed by atoms with van der Waals surface area (Å²) >= 11 is 0. The summed E-state index contributed by atoms with van der Waals surface area (Å²) < 4.78 is 24.4. The van der Waals surface area contributed by atoms with Crippen molar-refractivity contribution in [1.82, 2.24) is 5.32 Å². The van der Waals surface area contributed by atoms with Crippen LogP contribution in [0, 0.1) is 5.92 Å². The zero-order chi connectivity index (χ0) is 14.5. The van der Waals surface area contributed by atoms with Gasteiger partial charge in [0.15, 0.2) is 0 Å². The monoisotopic (exact) mass is 284 g/mol. The molecule has 1 atom stereocenters. The highest BCUT2D eigenvalue weighted by atomic mass is 32.2. The smallest absolute Gasteiger partial charge is 0.251 e. The molecule has 0 aliphatic carbocycles. The predicted octanol–water partition coefficient (Wildman–Crippen LogP) is 1.83. The number of hydrogen-bond acceptors (Lipinski definition) is 3. The van der Waals surface area contributed by atoms with Crippen molar-refractivity contribution in [3.8, 4) is 0 Å². The van der Waals surface area contributed by atoms with E-state index >= 15 is 0 Å². The number of amides is 1. The number of anilines is 1. The summed E-state index contributed by atoms with van der Waals surface area (Å²) in [5, 5.41) is 2.84. The molecule has 6 heteroatoms. The molecule has 1 aromatic carbocycles. The van der Waals surface area contributed by atoms with Crippen molar-refractivity contribution in [1.29, 1.82) is 0 Å². The van der Waals surface area contributed by atoms with E-state index in [1.54, 1.807) is 24.3 Å². The van der Waals surface area contributed by atoms with Gasteiger partial charge in [-0.2, -0.15) is 0 Å². The minimum absolute atomic E-state index is 0.147. The van der Waals surface area contributed by atoms with Crippen LogP contribution in [0.15, 0.2) is 24.3 Å². The maximum absolute atomic E-state index is 11.8. The molecule has 5 nitrogen and oxygen atoms in total. The summed E-state index contributed by atoms with van der Waals surface area (Å²) in [6.45, 7) is 4.78. The number of rotatable bonds is 6. The molecule has 0 fully saturated rings. The van der Waals surface area contributed by atoms with Gasteiger partial charge in [0.25, 0.3) is 5.91 Å². The second-order valence-electron chi connectivity index (χ2n) is 4.68. The molecule has 0 spiro atoms. The Balaban J connectivity index is 2.63. The van der Waals surface area contributed by atoms with Crippen molar-refractivity contribution < 1.29 is 13.2 Å². The van der Waals surface area contributed by atoms with Gasteiger partial charge in [-0.25, -0.2) is 8.42 Å². The molecular weight excluding hydrogens is 264 g/mol. The molecule has 0 radical (unpaired) electrons. The zero-order valence-corrected chi connectivity index (χ0v) is 12.3. The second kappa shape index (κ2) is 6.56. The maximum atomic E-state index is 11.8. The fourth-order valence-corrected chi connectivity index (χ4v) is 1.98. The average molecular weight is 284 g/mol. The van der Waals surface area contributed by atoms with E-state index in [9.17, 15) is 13.2 Å². The molecule has 0 bridgehead atoms. The van der Waals surface area contributed by atoms with Crippen LogP contribution < -0.4 is 10.0 Å². The molecule has 1 amide bonds. The minimum Gasteiger partial charge on any atom is -0.352 e. The van der Waals surface area contributed by atoms with E-state index in [2.05, 4.69) is 23.9 Å². The van der Waals surface area contributed by atoms with Gasteiger partial charge < -0.3 is 5.32 Å². The average Bonchev–Trinajstić information content (AvgIpc) is 2.34. The van der Waals surface area contributed by atoms with E-state index in [1.165, 1.54) is 0 Å². The lowest BCUT2D eigenvalue weighted by molar-refractivity contribution is 0.0948. The van der Waals surface area contributed by atoms with Crippen LogP contribution in [0.5, 0.6) is 0 Å². The Kier molecular flexibility index (Phi) is 5.35. The number of benzene rings is 1. The maximum Gasteiger partial charge on any atom is 0.251 e. The van der Waals surface area contributed by atoms with Gasteiger partial charge in [0.1, 0.15) is 0 Å². The SMILES string of the molecule is CCC(C)CNC(=O)c1ccc(NS(C)(=O)=O)cc1. The first kappa shape index (κ1) is 15.5. The first-order valence-corrected chi connectivity index (χ1v) is 8.07. The summed E-state index contributed by atoms with van der Waals surface area (Å²) in [5.74, 6) is 0.293. The summed E-state index contributed by atoms with van der Waals surface area (Å²) in [5.41, 5.74) is 0.961. The summed E-state index contributed by atoms with van der Waals surface area (Å²) in [6, 6.07) is 6.33. The quantitative estimate of drug-likeness (QED) is 0.837. The lowest BCUT2D eigenvalue weighted by Gasteiger charge is -2.10. The summed E-state index contributed by atoms with van der Waals surface area (Å²) in [7, 11) is -3.29. The Morgan fingerprint density at radius 2 is 1.84 bits per heavy atom. The molecule has 106 valence electrons. The Morgan fingerprint density at radius 3 is 2.32 bits per heavy atom. The van der Waals surface area contributed by atoms with Gasteiger partial charge in [-0.1, -0.05) is 20.3 Å². The summed E-state index contributed by atoms with van der Waals surface area (Å²) in [4.78, 5) is 11.8. The third-order valence-corrected chi connectivity index (χ3v) is 3.36. The van der Waals surface area contributed by atoms with Crippen molar-refractivity contribution in [2.75, 3.05) is 17.5 Å². The Morgan fingerprint density at radius 1 is 1.26 bits per heavy atom. The Bertz CT molecular complexity index is 523. The third kappa shape index (κ3) is 5.74. The number of carbonyl (C=O) groups excluding carboxylic acids is 1. The molecule has 2 N–H and O–H groups in total. The van der Waals surface area contributed by atoms with E-state index in [4.69, 9.17) is 0 Å². The van der Waals surface area contributed by atoms with Gasteiger partial charge in [-0.3, -0.25) is 9.52 Å². The fourth-order valence-electron chi connectivity index (χ4n) is 1.42. The number of sulfonamides is 1. The second-order valence-corrected chi connectivity index (χ2v) is 6.42. The van der Waals surface area contributed by atoms with Crippen LogP contribution in [0.3, 0.4) is 0 Å². The Hall–Kier alpha value is -1.56. The predicted molar refractivity (Wildman–Crippen MR) is 76.7 cm³/mol. The topological polar surface area (TPSA) is 75.3 Å². The normalized spacial score (nSPS) is 12.8. The molecular formula is C13H20N2O3S. The number of nitrogens with one attached hydrogen (secondary N) is 2. The molecule has 19 heavy (non-hydrogen) atoms. The molecule has 1 aromatic rings. The fraction of sp³-hybridized carbons (Fsp3) is 0.462. The van der Waals surface area contributed by atoms with Gasteiger partial charge in [-0.15, -0.1) is 0 Å². The largest absolute Gasteiger partial charge is 0.352 e. The van der Waals surface area contributed by atoms with Crippen molar-refractivity contribution in [2.24, 2.45) is 5.92 Å². The van der Waals surface area contributed by atoms with Crippen LogP contribution in [0.1, 0.15) is 30.6 Å². The molecule has 0 aliphatic heterocycles. The van der Waals surface area contributed by atoms with Gasteiger partial charge in [0.2, 0.25) is 10.0 Å². The Labute approximate surface area is 114 Å².